The SMILES string of the molecule is CCCCCc1ccn(C(=O)Nc2ccccc2)n1. The average molecular weight is 257 g/mol. The van der Waals surface area contributed by atoms with E-state index in [0.29, 0.717) is 0 Å². The third-order valence-electron chi connectivity index (χ3n) is 2.91. The second-order valence-electron chi connectivity index (χ2n) is 4.50. The number of nitrogens with zero attached hydrogens (tertiary/aromatic N) is 2. The smallest absolute Gasteiger partial charge is 0.306 e. The predicted molar refractivity (Wildman–Crippen MR) is 76.3 cm³/mol. The van der Waals surface area contributed by atoms with Crippen molar-refractivity contribution in [2.45, 2.75) is 32.6 Å². The average Bonchev–Trinajstić information content (AvgIpc) is 2.89. The molecule has 1 heterocycles. The second kappa shape index (κ2) is 6.73. The lowest BCUT2D eigenvalue weighted by atomic mass is 10.2. The number of anilines is 1. The molecule has 1 N–H and O–H groups in total. The van der Waals surface area contributed by atoms with Crippen LogP contribution in [0, 0.1) is 0 Å². The van der Waals surface area contributed by atoms with Crippen molar-refractivity contribution < 1.29 is 4.79 Å². The Hall–Kier alpha value is -2.10. The van der Waals surface area contributed by atoms with E-state index in [4.69, 9.17) is 0 Å². The summed E-state index contributed by atoms with van der Waals surface area (Å²) >= 11 is 0. The Morgan fingerprint density at radius 1 is 1.21 bits per heavy atom. The van der Waals surface area contributed by atoms with Gasteiger partial charge in [0, 0.05) is 11.9 Å². The molecular weight excluding hydrogens is 238 g/mol. The molecule has 0 aliphatic carbocycles. The molecule has 100 valence electrons. The van der Waals surface area contributed by atoms with Gasteiger partial charge in [0.05, 0.1) is 5.69 Å². The maximum absolute atomic E-state index is 11.9. The van der Waals surface area contributed by atoms with Gasteiger partial charge in [0.2, 0.25) is 0 Å². The van der Waals surface area contributed by atoms with Crippen molar-refractivity contribution in [3.05, 3.63) is 48.3 Å². The van der Waals surface area contributed by atoms with Gasteiger partial charge in [0.15, 0.2) is 0 Å². The Morgan fingerprint density at radius 3 is 2.74 bits per heavy atom. The minimum atomic E-state index is -0.229. The molecule has 0 fully saturated rings. The maximum Gasteiger partial charge on any atom is 0.346 e. The fourth-order valence-electron chi connectivity index (χ4n) is 1.87. The Morgan fingerprint density at radius 2 is 2.00 bits per heavy atom. The zero-order valence-electron chi connectivity index (χ0n) is 11.2. The molecule has 4 heteroatoms. The molecule has 0 saturated heterocycles. The molecular formula is C15H19N3O. The maximum atomic E-state index is 11.9. The number of unbranched alkanes of at least 4 members (excludes halogenated alkanes) is 2. The highest BCUT2D eigenvalue weighted by Gasteiger charge is 2.07. The normalized spacial score (nSPS) is 10.4. The van der Waals surface area contributed by atoms with Crippen LogP contribution in [-0.4, -0.2) is 15.8 Å². The van der Waals surface area contributed by atoms with E-state index < -0.39 is 0 Å². The van der Waals surface area contributed by atoms with Crippen molar-refractivity contribution in [3.63, 3.8) is 0 Å². The van der Waals surface area contributed by atoms with Crippen LogP contribution in [-0.2, 0) is 6.42 Å². The molecule has 1 aromatic heterocycles. The van der Waals surface area contributed by atoms with Gasteiger partial charge in [-0.25, -0.2) is 4.79 Å². The van der Waals surface area contributed by atoms with Crippen LogP contribution in [0.4, 0.5) is 10.5 Å². The minimum absolute atomic E-state index is 0.229. The standard InChI is InChI=1S/C15H19N3O/c1-2-3-5-10-14-11-12-18(17-14)15(19)16-13-8-6-4-7-9-13/h4,6-9,11-12H,2-3,5,10H2,1H3,(H,16,19). The molecule has 0 aliphatic rings. The summed E-state index contributed by atoms with van der Waals surface area (Å²) in [5.41, 5.74) is 1.74. The number of hydrogen-bond donors (Lipinski definition) is 1. The van der Waals surface area contributed by atoms with Gasteiger partial charge in [-0.3, -0.25) is 0 Å². The summed E-state index contributed by atoms with van der Waals surface area (Å²) in [4.78, 5) is 11.9. The summed E-state index contributed by atoms with van der Waals surface area (Å²) in [6.07, 6.45) is 6.14. The van der Waals surface area contributed by atoms with E-state index in [0.717, 1.165) is 24.2 Å². The number of rotatable bonds is 5. The van der Waals surface area contributed by atoms with Gasteiger partial charge in [-0.05, 0) is 31.0 Å². The minimum Gasteiger partial charge on any atom is -0.306 e. The molecule has 1 amide bonds. The molecule has 0 saturated carbocycles. The first-order valence-electron chi connectivity index (χ1n) is 6.70. The highest BCUT2D eigenvalue weighted by molar-refractivity contribution is 5.90. The summed E-state index contributed by atoms with van der Waals surface area (Å²) in [6.45, 7) is 2.17. The first-order valence-corrected chi connectivity index (χ1v) is 6.70. The van der Waals surface area contributed by atoms with E-state index in [1.807, 2.05) is 36.4 Å². The van der Waals surface area contributed by atoms with Gasteiger partial charge >= 0.3 is 6.03 Å². The van der Waals surface area contributed by atoms with Gasteiger partial charge < -0.3 is 5.32 Å². The van der Waals surface area contributed by atoms with Crippen LogP contribution in [0.25, 0.3) is 0 Å². The molecule has 0 radical (unpaired) electrons. The molecule has 4 nitrogen and oxygen atoms in total. The first kappa shape index (κ1) is 13.3. The van der Waals surface area contributed by atoms with Crippen molar-refractivity contribution in [1.82, 2.24) is 9.78 Å². The van der Waals surface area contributed by atoms with Gasteiger partial charge in [-0.2, -0.15) is 9.78 Å². The van der Waals surface area contributed by atoms with Crippen LogP contribution in [0.2, 0.25) is 0 Å². The van der Waals surface area contributed by atoms with Crippen molar-refractivity contribution in [1.29, 1.82) is 0 Å². The Kier molecular flexibility index (Phi) is 4.72. The van der Waals surface area contributed by atoms with Crippen LogP contribution in [0.5, 0.6) is 0 Å². The van der Waals surface area contributed by atoms with Gasteiger partial charge in [0.25, 0.3) is 0 Å². The number of aromatic nitrogens is 2. The number of aryl methyl sites for hydroxylation is 1. The number of carbonyl (C=O) groups excluding carboxylic acids is 1. The second-order valence-corrected chi connectivity index (χ2v) is 4.50. The largest absolute Gasteiger partial charge is 0.346 e. The Labute approximate surface area is 113 Å². The summed E-state index contributed by atoms with van der Waals surface area (Å²) in [5, 5.41) is 7.08. The molecule has 0 aliphatic heterocycles. The zero-order valence-corrected chi connectivity index (χ0v) is 11.2. The molecule has 0 spiro atoms. The lowest BCUT2D eigenvalue weighted by Crippen LogP contribution is -2.20. The number of para-hydroxylation sites is 1. The van der Waals surface area contributed by atoms with E-state index in [2.05, 4.69) is 17.3 Å². The quantitative estimate of drug-likeness (QED) is 0.830. The van der Waals surface area contributed by atoms with E-state index in [1.54, 1.807) is 6.20 Å². The number of nitrogens with one attached hydrogen (secondary N) is 1. The van der Waals surface area contributed by atoms with Crippen molar-refractivity contribution in [2.24, 2.45) is 0 Å². The van der Waals surface area contributed by atoms with E-state index in [-0.39, 0.29) is 6.03 Å². The third kappa shape index (κ3) is 3.95. The summed E-state index contributed by atoms with van der Waals surface area (Å²) in [7, 11) is 0. The van der Waals surface area contributed by atoms with Crippen LogP contribution in [0.1, 0.15) is 31.9 Å². The Balaban J connectivity index is 1.92. The van der Waals surface area contributed by atoms with E-state index >= 15 is 0 Å². The number of benzene rings is 1. The predicted octanol–water partition coefficient (Wildman–Crippen LogP) is 3.70. The summed E-state index contributed by atoms with van der Waals surface area (Å²) in [6, 6.07) is 11.1. The topological polar surface area (TPSA) is 46.9 Å². The highest BCUT2D eigenvalue weighted by Crippen LogP contribution is 2.07. The number of amides is 1. The summed E-state index contributed by atoms with van der Waals surface area (Å²) in [5.74, 6) is 0. The lowest BCUT2D eigenvalue weighted by Gasteiger charge is -2.04. The molecule has 19 heavy (non-hydrogen) atoms. The summed E-state index contributed by atoms with van der Waals surface area (Å²) < 4.78 is 1.36. The third-order valence-corrected chi connectivity index (χ3v) is 2.91. The van der Waals surface area contributed by atoms with E-state index in [1.165, 1.54) is 17.5 Å². The fraction of sp³-hybridized carbons (Fsp3) is 0.333. The molecule has 2 aromatic rings. The van der Waals surface area contributed by atoms with Gasteiger partial charge in [0.1, 0.15) is 0 Å². The van der Waals surface area contributed by atoms with Crippen LogP contribution in [0.15, 0.2) is 42.6 Å². The zero-order chi connectivity index (χ0) is 13.5. The monoisotopic (exact) mass is 257 g/mol. The molecule has 0 atom stereocenters. The Bertz CT molecular complexity index is 519. The van der Waals surface area contributed by atoms with E-state index in [9.17, 15) is 4.79 Å². The van der Waals surface area contributed by atoms with Gasteiger partial charge in [-0.1, -0.05) is 38.0 Å². The first-order chi connectivity index (χ1) is 9.29. The highest BCUT2D eigenvalue weighted by atomic mass is 16.2. The number of hydrogen-bond acceptors (Lipinski definition) is 2. The van der Waals surface area contributed by atoms with Crippen LogP contribution in [0.3, 0.4) is 0 Å². The number of carbonyl (C=O) groups is 1. The van der Waals surface area contributed by atoms with Crippen LogP contribution >= 0.6 is 0 Å². The van der Waals surface area contributed by atoms with Crippen molar-refractivity contribution in [2.75, 3.05) is 5.32 Å². The lowest BCUT2D eigenvalue weighted by molar-refractivity contribution is 0.251. The fourth-order valence-corrected chi connectivity index (χ4v) is 1.87. The van der Waals surface area contributed by atoms with Crippen LogP contribution < -0.4 is 5.32 Å². The molecule has 1 aromatic carbocycles. The molecule has 2 rings (SSSR count). The molecule has 0 bridgehead atoms. The van der Waals surface area contributed by atoms with Gasteiger partial charge in [-0.15, -0.1) is 0 Å². The molecule has 0 unspecified atom stereocenters. The van der Waals surface area contributed by atoms with Crippen molar-refractivity contribution in [3.8, 4) is 0 Å². The van der Waals surface area contributed by atoms with Crippen molar-refractivity contribution >= 4 is 11.7 Å².